The Hall–Kier alpha value is -1.84. The molecule has 0 aromatic heterocycles. The summed E-state index contributed by atoms with van der Waals surface area (Å²) in [6, 6.07) is 1.39. The summed E-state index contributed by atoms with van der Waals surface area (Å²) in [6.07, 6.45) is 0. The van der Waals surface area contributed by atoms with Crippen molar-refractivity contribution < 1.29 is 37.2 Å². The van der Waals surface area contributed by atoms with Crippen molar-refractivity contribution >= 4 is 17.1 Å². The van der Waals surface area contributed by atoms with Crippen LogP contribution in [0.25, 0.3) is 0 Å². The van der Waals surface area contributed by atoms with Gasteiger partial charge in [0.25, 0.3) is 17.1 Å². The summed E-state index contributed by atoms with van der Waals surface area (Å²) < 4.78 is 0. The Morgan fingerprint density at radius 2 is 1.24 bits per heavy atom. The van der Waals surface area contributed by atoms with Gasteiger partial charge in [0.1, 0.15) is 5.56 Å². The van der Waals surface area contributed by atoms with Gasteiger partial charge in [-0.15, -0.1) is 0 Å². The first-order valence-electron chi connectivity index (χ1n) is 3.92. The van der Waals surface area contributed by atoms with E-state index < -0.39 is 31.8 Å². The van der Waals surface area contributed by atoms with E-state index >= 15 is 0 Å². The second-order valence-corrected chi connectivity index (χ2v) is 2.88. The Morgan fingerprint density at radius 1 is 0.882 bits per heavy atom. The molecular formula is C7H5AgN3O6. The van der Waals surface area contributed by atoms with E-state index in [0.29, 0.717) is 12.1 Å². The van der Waals surface area contributed by atoms with E-state index in [1.165, 1.54) is 6.92 Å². The van der Waals surface area contributed by atoms with E-state index in [4.69, 9.17) is 0 Å². The maximum absolute atomic E-state index is 10.5. The molecule has 0 atom stereocenters. The van der Waals surface area contributed by atoms with E-state index in [2.05, 4.69) is 0 Å². The van der Waals surface area contributed by atoms with Gasteiger partial charge in [-0.2, -0.15) is 0 Å². The van der Waals surface area contributed by atoms with Gasteiger partial charge in [-0.05, 0) is 6.92 Å². The van der Waals surface area contributed by atoms with Crippen LogP contribution in [0.3, 0.4) is 0 Å². The van der Waals surface area contributed by atoms with E-state index in [9.17, 15) is 30.3 Å². The van der Waals surface area contributed by atoms with Crippen LogP contribution in [0.15, 0.2) is 12.1 Å². The molecule has 0 bridgehead atoms. The Labute approximate surface area is 109 Å². The van der Waals surface area contributed by atoms with Crippen molar-refractivity contribution in [3.05, 3.63) is 48.0 Å². The molecule has 1 aromatic carbocycles. The van der Waals surface area contributed by atoms with E-state index in [1.807, 2.05) is 0 Å². The summed E-state index contributed by atoms with van der Waals surface area (Å²) in [5, 5.41) is 31.5. The van der Waals surface area contributed by atoms with Gasteiger partial charge in [0, 0.05) is 22.4 Å². The molecule has 1 rings (SSSR count). The zero-order valence-corrected chi connectivity index (χ0v) is 9.73. The molecule has 0 unspecified atom stereocenters. The van der Waals surface area contributed by atoms with Crippen molar-refractivity contribution in [2.75, 3.05) is 0 Å². The molecule has 1 aromatic rings. The molecule has 9 nitrogen and oxygen atoms in total. The fraction of sp³-hybridized carbons (Fsp3) is 0.143. The molecule has 0 aliphatic carbocycles. The molecule has 10 heteroatoms. The summed E-state index contributed by atoms with van der Waals surface area (Å²) in [6.45, 7) is 1.17. The molecule has 1 radical (unpaired) electrons. The van der Waals surface area contributed by atoms with Crippen molar-refractivity contribution in [2.45, 2.75) is 6.92 Å². The van der Waals surface area contributed by atoms with Crippen LogP contribution < -0.4 is 0 Å². The molecule has 95 valence electrons. The third kappa shape index (κ3) is 3.06. The quantitative estimate of drug-likeness (QED) is 0.470. The maximum atomic E-state index is 10.5. The van der Waals surface area contributed by atoms with Gasteiger partial charge in [0.2, 0.25) is 0 Å². The van der Waals surface area contributed by atoms with E-state index in [0.717, 1.165) is 0 Å². The molecule has 0 N–H and O–H groups in total. The van der Waals surface area contributed by atoms with Crippen LogP contribution in [0.2, 0.25) is 0 Å². The number of rotatable bonds is 3. The van der Waals surface area contributed by atoms with Crippen molar-refractivity contribution in [3.63, 3.8) is 0 Å². The first-order valence-corrected chi connectivity index (χ1v) is 3.92. The third-order valence-corrected chi connectivity index (χ3v) is 1.94. The Kier molecular flexibility index (Phi) is 4.88. The van der Waals surface area contributed by atoms with Crippen molar-refractivity contribution in [1.82, 2.24) is 0 Å². The molecule has 0 spiro atoms. The maximum Gasteiger partial charge on any atom is 0.286 e. The molecule has 0 saturated carbocycles. The fourth-order valence-electron chi connectivity index (χ4n) is 1.15. The molecule has 0 heterocycles. The summed E-state index contributed by atoms with van der Waals surface area (Å²) in [4.78, 5) is 28.8. The minimum atomic E-state index is -0.917. The number of non-ortho nitro benzene ring substituents is 1. The van der Waals surface area contributed by atoms with Crippen LogP contribution in [-0.4, -0.2) is 14.8 Å². The number of hydrogen-bond acceptors (Lipinski definition) is 6. The van der Waals surface area contributed by atoms with Crippen LogP contribution in [0, 0.1) is 37.3 Å². The molecule has 0 aliphatic heterocycles. The van der Waals surface area contributed by atoms with Gasteiger partial charge < -0.3 is 0 Å². The van der Waals surface area contributed by atoms with Crippen LogP contribution >= 0.6 is 0 Å². The van der Waals surface area contributed by atoms with Gasteiger partial charge in [-0.1, -0.05) is 0 Å². The molecule has 0 amide bonds. The zero-order chi connectivity index (χ0) is 12.5. The monoisotopic (exact) mass is 334 g/mol. The number of nitrogens with zero attached hydrogens (tertiary/aromatic N) is 3. The normalized spacial score (nSPS) is 9.24. The largest absolute Gasteiger partial charge is 0.286 e. The van der Waals surface area contributed by atoms with Crippen LogP contribution in [0.1, 0.15) is 5.56 Å². The van der Waals surface area contributed by atoms with Crippen molar-refractivity contribution in [1.29, 1.82) is 0 Å². The first-order chi connectivity index (χ1) is 7.34. The summed E-state index contributed by atoms with van der Waals surface area (Å²) >= 11 is 0. The van der Waals surface area contributed by atoms with E-state index in [1.54, 1.807) is 0 Å². The molecule has 17 heavy (non-hydrogen) atoms. The molecule has 0 fully saturated rings. The summed E-state index contributed by atoms with van der Waals surface area (Å²) in [5.74, 6) is 0. The first kappa shape index (κ1) is 15.2. The van der Waals surface area contributed by atoms with Crippen molar-refractivity contribution in [3.8, 4) is 0 Å². The SMILES string of the molecule is Cc1c([N+](=O)[O-])cc([N+](=O)[O-])cc1[N+](=O)[O-].[Ag]. The van der Waals surface area contributed by atoms with E-state index in [-0.39, 0.29) is 27.9 Å². The number of nitro benzene ring substituents is 3. The molecule has 0 aliphatic rings. The predicted octanol–water partition coefficient (Wildman–Crippen LogP) is 1.72. The smallest absolute Gasteiger partial charge is 0.258 e. The number of nitro groups is 3. The summed E-state index contributed by atoms with van der Waals surface area (Å²) in [5.41, 5.74) is -2.16. The Morgan fingerprint density at radius 3 is 1.47 bits per heavy atom. The minimum Gasteiger partial charge on any atom is -0.258 e. The van der Waals surface area contributed by atoms with Crippen LogP contribution in [-0.2, 0) is 22.4 Å². The zero-order valence-electron chi connectivity index (χ0n) is 8.25. The second kappa shape index (κ2) is 5.48. The van der Waals surface area contributed by atoms with Crippen LogP contribution in [0.5, 0.6) is 0 Å². The topological polar surface area (TPSA) is 129 Å². The van der Waals surface area contributed by atoms with Gasteiger partial charge >= 0.3 is 0 Å². The Balaban J connectivity index is 0.00000256. The van der Waals surface area contributed by atoms with Crippen LogP contribution in [0.4, 0.5) is 17.1 Å². The van der Waals surface area contributed by atoms with Gasteiger partial charge in [0.05, 0.1) is 26.9 Å². The number of benzene rings is 1. The van der Waals surface area contributed by atoms with Crippen molar-refractivity contribution in [2.24, 2.45) is 0 Å². The Bertz CT molecular complexity index is 467. The second-order valence-electron chi connectivity index (χ2n) is 2.88. The predicted molar refractivity (Wildman–Crippen MR) is 51.1 cm³/mol. The van der Waals surface area contributed by atoms with Gasteiger partial charge in [-0.25, -0.2) is 0 Å². The molecular weight excluding hydrogens is 330 g/mol. The minimum absolute atomic E-state index is 0. The average Bonchev–Trinajstić information content (AvgIpc) is 2.16. The molecule has 0 saturated heterocycles. The standard InChI is InChI=1S/C7H5N3O6.Ag/c1-4-6(9(13)14)2-5(8(11)12)3-7(4)10(15)16;/h2-3H,1H3;. The summed E-state index contributed by atoms with van der Waals surface area (Å²) in [7, 11) is 0. The average molecular weight is 335 g/mol. The van der Waals surface area contributed by atoms with Gasteiger partial charge in [0.15, 0.2) is 0 Å². The number of hydrogen-bond donors (Lipinski definition) is 0. The fourth-order valence-corrected chi connectivity index (χ4v) is 1.15. The van der Waals surface area contributed by atoms with Gasteiger partial charge in [-0.3, -0.25) is 30.3 Å². The third-order valence-electron chi connectivity index (χ3n) is 1.94.